The fraction of sp³-hybridized carbons (Fsp3) is 0.273. The quantitative estimate of drug-likeness (QED) is 0.472. The maximum absolute atomic E-state index is 5.83. The van der Waals surface area contributed by atoms with Crippen LogP contribution >= 0.6 is 0 Å². The Morgan fingerprint density at radius 2 is 1.82 bits per heavy atom. The van der Waals surface area contributed by atoms with Crippen molar-refractivity contribution >= 4 is 10.9 Å². The highest BCUT2D eigenvalue weighted by Gasteiger charge is 2.09. The second kappa shape index (κ2) is 8.82. The molecule has 0 aliphatic heterocycles. The lowest BCUT2D eigenvalue weighted by molar-refractivity contribution is 0.269. The van der Waals surface area contributed by atoms with Crippen LogP contribution in [0.1, 0.15) is 17.5 Å². The van der Waals surface area contributed by atoms with E-state index in [0.717, 1.165) is 43.7 Å². The summed E-state index contributed by atoms with van der Waals surface area (Å²) in [4.78, 5) is 5.83. The smallest absolute Gasteiger partial charge is 0.123 e. The number of aryl methyl sites for hydroxylation is 1. The molecule has 0 bridgehead atoms. The molecule has 0 unspecified atom stereocenters. The van der Waals surface area contributed by atoms with Gasteiger partial charge in [-0.2, -0.15) is 0 Å². The molecule has 0 aliphatic rings. The van der Waals surface area contributed by atoms with E-state index in [1.807, 2.05) is 4.57 Å². The van der Waals surface area contributed by atoms with Gasteiger partial charge in [-0.15, -0.1) is 10.2 Å². The van der Waals surface area contributed by atoms with Gasteiger partial charge in [-0.25, -0.2) is 0 Å². The number of hydrogen-bond acceptors (Lipinski definition) is 4. The van der Waals surface area contributed by atoms with Crippen molar-refractivity contribution in [3.05, 3.63) is 78.5 Å². The van der Waals surface area contributed by atoms with Gasteiger partial charge in [-0.1, -0.05) is 30.3 Å². The predicted octanol–water partition coefficient (Wildman–Crippen LogP) is 3.14. The average Bonchev–Trinajstić information content (AvgIpc) is 3.39. The Morgan fingerprint density at radius 3 is 2.61 bits per heavy atom. The third-order valence-electron chi connectivity index (χ3n) is 5.08. The second-order valence-electron chi connectivity index (χ2n) is 7.07. The molecule has 0 radical (unpaired) electrons. The molecule has 28 heavy (non-hydrogen) atoms. The van der Waals surface area contributed by atoms with Gasteiger partial charge in [-0.3, -0.25) is 9.47 Å². The van der Waals surface area contributed by atoms with Gasteiger partial charge in [0.15, 0.2) is 0 Å². The SMILES string of the molecule is NCCN(CCCc1c[nH]c2ccc(-n3cnnc3)cc12)Cc1ccccc1. The molecule has 2 heterocycles. The Balaban J connectivity index is 1.42. The lowest BCUT2D eigenvalue weighted by Crippen LogP contribution is -2.30. The number of nitrogens with one attached hydrogen (secondary N) is 1. The van der Waals surface area contributed by atoms with Gasteiger partial charge in [0.2, 0.25) is 0 Å². The maximum atomic E-state index is 5.83. The highest BCUT2D eigenvalue weighted by atomic mass is 15.2. The van der Waals surface area contributed by atoms with Crippen LogP contribution in [0, 0.1) is 0 Å². The molecule has 0 aliphatic carbocycles. The van der Waals surface area contributed by atoms with E-state index in [9.17, 15) is 0 Å². The van der Waals surface area contributed by atoms with Crippen molar-refractivity contribution < 1.29 is 0 Å². The van der Waals surface area contributed by atoms with E-state index >= 15 is 0 Å². The molecule has 0 fully saturated rings. The summed E-state index contributed by atoms with van der Waals surface area (Å²) < 4.78 is 1.93. The Hall–Kier alpha value is -2.96. The monoisotopic (exact) mass is 374 g/mol. The minimum absolute atomic E-state index is 0.683. The third-order valence-corrected chi connectivity index (χ3v) is 5.08. The first kappa shape index (κ1) is 18.4. The zero-order chi connectivity index (χ0) is 19.2. The Bertz CT molecular complexity index is 990. The van der Waals surface area contributed by atoms with Crippen LogP contribution in [0.5, 0.6) is 0 Å². The van der Waals surface area contributed by atoms with Crippen LogP contribution in [0.4, 0.5) is 0 Å². The molecule has 2 aromatic heterocycles. The second-order valence-corrected chi connectivity index (χ2v) is 7.07. The van der Waals surface area contributed by atoms with Crippen molar-refractivity contribution in [3.63, 3.8) is 0 Å². The van der Waals surface area contributed by atoms with Gasteiger partial charge < -0.3 is 10.7 Å². The molecule has 6 heteroatoms. The van der Waals surface area contributed by atoms with Gasteiger partial charge in [0, 0.05) is 42.4 Å². The van der Waals surface area contributed by atoms with Crippen molar-refractivity contribution in [2.45, 2.75) is 19.4 Å². The first-order chi connectivity index (χ1) is 13.8. The summed E-state index contributed by atoms with van der Waals surface area (Å²) in [7, 11) is 0. The first-order valence-corrected chi connectivity index (χ1v) is 9.75. The van der Waals surface area contributed by atoms with E-state index in [2.05, 4.69) is 74.8 Å². The highest BCUT2D eigenvalue weighted by Crippen LogP contribution is 2.23. The third kappa shape index (κ3) is 4.30. The van der Waals surface area contributed by atoms with E-state index < -0.39 is 0 Å². The van der Waals surface area contributed by atoms with E-state index in [-0.39, 0.29) is 0 Å². The summed E-state index contributed by atoms with van der Waals surface area (Å²) in [5, 5.41) is 9.06. The highest BCUT2D eigenvalue weighted by molar-refractivity contribution is 5.85. The molecule has 2 aromatic carbocycles. The van der Waals surface area contributed by atoms with Crippen LogP contribution in [-0.2, 0) is 13.0 Å². The zero-order valence-electron chi connectivity index (χ0n) is 16.0. The largest absolute Gasteiger partial charge is 0.361 e. The van der Waals surface area contributed by atoms with Crippen molar-refractivity contribution in [2.75, 3.05) is 19.6 Å². The minimum atomic E-state index is 0.683. The summed E-state index contributed by atoms with van der Waals surface area (Å²) in [5.41, 5.74) is 10.7. The molecule has 144 valence electrons. The number of benzene rings is 2. The van der Waals surface area contributed by atoms with Gasteiger partial charge in [0.05, 0.1) is 0 Å². The average molecular weight is 374 g/mol. The van der Waals surface area contributed by atoms with E-state index in [1.165, 1.54) is 16.5 Å². The van der Waals surface area contributed by atoms with Crippen molar-refractivity contribution in [1.82, 2.24) is 24.6 Å². The van der Waals surface area contributed by atoms with Crippen LogP contribution in [0.2, 0.25) is 0 Å². The van der Waals surface area contributed by atoms with Crippen molar-refractivity contribution in [1.29, 1.82) is 0 Å². The number of aromatic amines is 1. The molecule has 0 saturated carbocycles. The Labute approximate surface area is 165 Å². The molecular formula is C22H26N6. The minimum Gasteiger partial charge on any atom is -0.361 e. The Kier molecular flexibility index (Phi) is 5.80. The molecular weight excluding hydrogens is 348 g/mol. The lowest BCUT2D eigenvalue weighted by atomic mass is 10.1. The van der Waals surface area contributed by atoms with Gasteiger partial charge >= 0.3 is 0 Å². The molecule has 4 rings (SSSR count). The molecule has 0 saturated heterocycles. The van der Waals surface area contributed by atoms with Crippen LogP contribution in [0.3, 0.4) is 0 Å². The first-order valence-electron chi connectivity index (χ1n) is 9.75. The number of H-pyrrole nitrogens is 1. The zero-order valence-corrected chi connectivity index (χ0v) is 16.0. The number of hydrogen-bond donors (Lipinski definition) is 2. The van der Waals surface area contributed by atoms with Gasteiger partial charge in [0.25, 0.3) is 0 Å². The van der Waals surface area contributed by atoms with Crippen molar-refractivity contribution in [3.8, 4) is 5.69 Å². The fourth-order valence-electron chi connectivity index (χ4n) is 3.66. The molecule has 4 aromatic rings. The molecule has 0 spiro atoms. The van der Waals surface area contributed by atoms with E-state index in [1.54, 1.807) is 12.7 Å². The fourth-order valence-corrected chi connectivity index (χ4v) is 3.66. The maximum Gasteiger partial charge on any atom is 0.123 e. The number of nitrogens with two attached hydrogens (primary N) is 1. The number of aromatic nitrogens is 4. The van der Waals surface area contributed by atoms with E-state index in [4.69, 9.17) is 5.73 Å². The molecule has 0 atom stereocenters. The number of fused-ring (bicyclic) bond motifs is 1. The summed E-state index contributed by atoms with van der Waals surface area (Å²) in [6, 6.07) is 17.0. The standard InChI is InChI=1S/C22H26N6/c23-10-12-27(15-18-5-2-1-3-6-18)11-4-7-19-14-24-22-9-8-20(13-21(19)22)28-16-25-26-17-28/h1-3,5-6,8-9,13-14,16-17,24H,4,7,10-12,15,23H2. The summed E-state index contributed by atoms with van der Waals surface area (Å²) in [5.74, 6) is 0. The van der Waals surface area contributed by atoms with Crippen LogP contribution in [0.15, 0.2) is 67.4 Å². The normalized spacial score (nSPS) is 11.5. The molecule has 6 nitrogen and oxygen atoms in total. The van der Waals surface area contributed by atoms with Crippen LogP contribution < -0.4 is 5.73 Å². The number of nitrogens with zero attached hydrogens (tertiary/aromatic N) is 4. The Morgan fingerprint density at radius 1 is 1.00 bits per heavy atom. The predicted molar refractivity (Wildman–Crippen MR) is 112 cm³/mol. The summed E-state index contributed by atoms with van der Waals surface area (Å²) >= 11 is 0. The molecule has 3 N–H and O–H groups in total. The molecule has 0 amide bonds. The van der Waals surface area contributed by atoms with Crippen LogP contribution in [0.25, 0.3) is 16.6 Å². The topological polar surface area (TPSA) is 75.8 Å². The lowest BCUT2D eigenvalue weighted by Gasteiger charge is -2.21. The van der Waals surface area contributed by atoms with Crippen LogP contribution in [-0.4, -0.2) is 44.3 Å². The van der Waals surface area contributed by atoms with Crippen molar-refractivity contribution in [2.24, 2.45) is 5.73 Å². The summed E-state index contributed by atoms with van der Waals surface area (Å²) in [6.45, 7) is 3.58. The summed E-state index contributed by atoms with van der Waals surface area (Å²) in [6.07, 6.45) is 7.70. The van der Waals surface area contributed by atoms with E-state index in [0.29, 0.717) is 6.54 Å². The van der Waals surface area contributed by atoms with Gasteiger partial charge in [0.1, 0.15) is 12.7 Å². The van der Waals surface area contributed by atoms with Gasteiger partial charge in [-0.05, 0) is 48.7 Å². The number of rotatable bonds is 9.